The van der Waals surface area contributed by atoms with E-state index in [0.717, 1.165) is 24.2 Å². The zero-order valence-electron chi connectivity index (χ0n) is 14.4. The summed E-state index contributed by atoms with van der Waals surface area (Å²) in [5.41, 5.74) is -3.15. The number of carbonyl (C=O) groups is 1. The van der Waals surface area contributed by atoms with Crippen molar-refractivity contribution in [1.29, 1.82) is 0 Å². The van der Waals surface area contributed by atoms with Crippen LogP contribution in [0.1, 0.15) is 30.3 Å². The zero-order valence-corrected chi connectivity index (χ0v) is 14.4. The number of aromatic nitrogens is 1. The van der Waals surface area contributed by atoms with Crippen molar-refractivity contribution in [3.8, 4) is 0 Å². The fraction of sp³-hybridized carbons (Fsp3) is 0.562. The Morgan fingerprint density at radius 2 is 2.19 bits per heavy atom. The molecule has 0 saturated heterocycles. The number of carboxylic acids is 1. The lowest BCUT2D eigenvalue weighted by Gasteiger charge is -2.42. The minimum Gasteiger partial charge on any atom is -0.477 e. The molecule has 1 saturated carbocycles. The molecule has 1 aliphatic carbocycles. The first kappa shape index (κ1) is 20.8. The van der Waals surface area contributed by atoms with E-state index in [1.165, 1.54) is 6.07 Å². The normalized spacial score (nSPS) is 20.9. The number of hydrazone groups is 1. The molecule has 2 unspecified atom stereocenters. The van der Waals surface area contributed by atoms with Crippen molar-refractivity contribution in [3.05, 3.63) is 24.0 Å². The number of carboxylic acid groups (broad SMARTS) is 1. The van der Waals surface area contributed by atoms with Gasteiger partial charge in [0.25, 0.3) is 5.92 Å². The molecule has 1 fully saturated rings. The zero-order chi connectivity index (χ0) is 20.5. The topological polar surface area (TPSA) is 77.8 Å². The molecule has 0 radical (unpaired) electrons. The lowest BCUT2D eigenvalue weighted by atomic mass is 9.80. The van der Waals surface area contributed by atoms with Crippen LogP contribution in [0.25, 0.3) is 0 Å². The average Bonchev–Trinajstić information content (AvgIpc) is 2.56. The van der Waals surface area contributed by atoms with Crippen LogP contribution in [0.4, 0.5) is 27.6 Å². The van der Waals surface area contributed by atoms with Crippen molar-refractivity contribution in [2.75, 3.05) is 18.4 Å². The molecule has 2 rings (SSSR count). The van der Waals surface area contributed by atoms with Crippen molar-refractivity contribution in [2.45, 2.75) is 37.4 Å². The van der Waals surface area contributed by atoms with E-state index in [9.17, 15) is 26.7 Å². The molecular formula is C16H19F5N4O2. The summed E-state index contributed by atoms with van der Waals surface area (Å²) in [6, 6.07) is 2.14. The number of hydrogen-bond acceptors (Lipinski definition) is 5. The lowest BCUT2D eigenvalue weighted by Crippen LogP contribution is -2.57. The van der Waals surface area contributed by atoms with E-state index in [1.807, 2.05) is 0 Å². The monoisotopic (exact) mass is 394 g/mol. The van der Waals surface area contributed by atoms with Gasteiger partial charge in [-0.15, -0.1) is 0 Å². The Kier molecular flexibility index (Phi) is 5.62. The van der Waals surface area contributed by atoms with Gasteiger partial charge in [-0.05, 0) is 25.5 Å². The van der Waals surface area contributed by atoms with Crippen molar-refractivity contribution >= 4 is 18.4 Å². The van der Waals surface area contributed by atoms with Gasteiger partial charge in [-0.1, -0.05) is 0 Å². The van der Waals surface area contributed by atoms with E-state index in [-0.39, 0.29) is 25.1 Å². The van der Waals surface area contributed by atoms with Crippen LogP contribution in [-0.2, 0) is 0 Å². The van der Waals surface area contributed by atoms with Gasteiger partial charge in [0.2, 0.25) is 0 Å². The molecule has 1 aromatic heterocycles. The number of hydrogen-bond donors (Lipinski definition) is 2. The maximum atomic E-state index is 13.7. The second-order valence-electron chi connectivity index (χ2n) is 6.67. The highest BCUT2D eigenvalue weighted by Crippen LogP contribution is 2.44. The van der Waals surface area contributed by atoms with Crippen LogP contribution >= 0.6 is 0 Å². The van der Waals surface area contributed by atoms with E-state index >= 15 is 0 Å². The van der Waals surface area contributed by atoms with Gasteiger partial charge in [0, 0.05) is 37.5 Å². The van der Waals surface area contributed by atoms with Crippen LogP contribution in [0.15, 0.2) is 23.4 Å². The Labute approximate surface area is 152 Å². The molecule has 1 aliphatic rings. The highest BCUT2D eigenvalue weighted by molar-refractivity contribution is 5.86. The molecule has 0 aliphatic heterocycles. The number of alkyl halides is 5. The van der Waals surface area contributed by atoms with Crippen molar-refractivity contribution in [3.63, 3.8) is 0 Å². The minimum absolute atomic E-state index is 0.125. The van der Waals surface area contributed by atoms with E-state index in [4.69, 9.17) is 5.11 Å². The molecule has 0 spiro atoms. The first-order chi connectivity index (χ1) is 12.4. The second-order valence-corrected chi connectivity index (χ2v) is 6.67. The van der Waals surface area contributed by atoms with E-state index in [0.29, 0.717) is 0 Å². The second kappa shape index (κ2) is 7.28. The fourth-order valence-corrected chi connectivity index (χ4v) is 2.73. The van der Waals surface area contributed by atoms with E-state index < -0.39 is 41.8 Å². The van der Waals surface area contributed by atoms with Gasteiger partial charge in [-0.25, -0.2) is 18.6 Å². The molecule has 1 heterocycles. The van der Waals surface area contributed by atoms with Crippen LogP contribution in [0.2, 0.25) is 0 Å². The summed E-state index contributed by atoms with van der Waals surface area (Å²) in [6.07, 6.45) is -3.83. The molecule has 6 nitrogen and oxygen atoms in total. The average molecular weight is 394 g/mol. The number of rotatable bonds is 8. The molecule has 27 heavy (non-hydrogen) atoms. The summed E-state index contributed by atoms with van der Waals surface area (Å²) >= 11 is 0. The molecule has 0 amide bonds. The first-order valence-corrected chi connectivity index (χ1v) is 8.01. The fourth-order valence-electron chi connectivity index (χ4n) is 2.73. The van der Waals surface area contributed by atoms with Crippen molar-refractivity contribution < 1.29 is 31.9 Å². The SMILES string of the molecule is C=NN(CC1CCC1(F)F)CC(C)(Nc1ccnc(C(=O)O)c1)C(F)(F)F. The Hall–Kier alpha value is -2.46. The Morgan fingerprint density at radius 1 is 1.52 bits per heavy atom. The van der Waals surface area contributed by atoms with Crippen LogP contribution in [0.3, 0.4) is 0 Å². The molecule has 2 N–H and O–H groups in total. The summed E-state index contributed by atoms with van der Waals surface area (Å²) in [6.45, 7) is 2.88. The smallest absolute Gasteiger partial charge is 0.412 e. The molecule has 1 aromatic rings. The summed E-state index contributed by atoms with van der Waals surface area (Å²) in [7, 11) is 0. The maximum Gasteiger partial charge on any atom is 0.412 e. The maximum absolute atomic E-state index is 13.7. The standard InChI is InChI=1S/C16H19F5N4O2/c1-14(16(19,20)21,24-11-4-6-23-12(7-11)13(26)27)9-25(22-2)8-10-3-5-15(10,17)18/h4,6-7,10H,2-3,5,8-9H2,1H3,(H,23,24)(H,26,27). The minimum atomic E-state index is -4.79. The van der Waals surface area contributed by atoms with Crippen molar-refractivity contribution in [2.24, 2.45) is 11.0 Å². The van der Waals surface area contributed by atoms with Gasteiger partial charge in [-0.3, -0.25) is 5.01 Å². The largest absolute Gasteiger partial charge is 0.477 e. The van der Waals surface area contributed by atoms with E-state index in [2.05, 4.69) is 22.1 Å². The van der Waals surface area contributed by atoms with Crippen molar-refractivity contribution in [1.82, 2.24) is 9.99 Å². The molecule has 2 atom stereocenters. The Morgan fingerprint density at radius 3 is 2.63 bits per heavy atom. The molecule has 0 bridgehead atoms. The third-order valence-corrected chi connectivity index (χ3v) is 4.58. The quantitative estimate of drug-likeness (QED) is 0.401. The Bertz CT molecular complexity index is 712. The summed E-state index contributed by atoms with van der Waals surface area (Å²) < 4.78 is 68.0. The number of aromatic carboxylic acids is 1. The summed E-state index contributed by atoms with van der Waals surface area (Å²) in [5.74, 6) is -5.40. The molecule has 150 valence electrons. The number of nitrogens with zero attached hydrogens (tertiary/aromatic N) is 3. The number of nitrogens with one attached hydrogen (secondary N) is 1. The number of anilines is 1. The Balaban J connectivity index is 2.21. The number of pyridine rings is 1. The highest BCUT2D eigenvalue weighted by atomic mass is 19.4. The van der Waals surface area contributed by atoms with Gasteiger partial charge in [0.1, 0.15) is 5.69 Å². The van der Waals surface area contributed by atoms with Crippen LogP contribution in [0, 0.1) is 5.92 Å². The molecule has 0 aromatic carbocycles. The third-order valence-electron chi connectivity index (χ3n) is 4.58. The summed E-state index contributed by atoms with van der Waals surface area (Å²) in [4.78, 5) is 14.5. The number of halogens is 5. The molecule has 11 heteroatoms. The highest BCUT2D eigenvalue weighted by Gasteiger charge is 2.54. The third kappa shape index (κ3) is 4.64. The van der Waals surface area contributed by atoms with Gasteiger partial charge in [-0.2, -0.15) is 18.3 Å². The predicted octanol–water partition coefficient (Wildman–Crippen LogP) is 3.48. The van der Waals surface area contributed by atoms with Gasteiger partial charge >= 0.3 is 12.1 Å². The van der Waals surface area contributed by atoms with Crippen LogP contribution < -0.4 is 5.32 Å². The first-order valence-electron chi connectivity index (χ1n) is 8.01. The van der Waals surface area contributed by atoms with Gasteiger partial charge in [0.05, 0.1) is 6.54 Å². The van der Waals surface area contributed by atoms with E-state index in [1.54, 1.807) is 0 Å². The van der Waals surface area contributed by atoms with Gasteiger partial charge in [0.15, 0.2) is 5.54 Å². The lowest BCUT2D eigenvalue weighted by molar-refractivity contribution is -0.182. The van der Waals surface area contributed by atoms with Gasteiger partial charge < -0.3 is 10.4 Å². The summed E-state index contributed by atoms with van der Waals surface area (Å²) in [5, 5.41) is 15.5. The predicted molar refractivity (Wildman–Crippen MR) is 88.1 cm³/mol. The molecular weight excluding hydrogens is 375 g/mol. The van der Waals surface area contributed by atoms with Crippen LogP contribution in [0.5, 0.6) is 0 Å². The van der Waals surface area contributed by atoms with Crippen LogP contribution in [-0.4, -0.2) is 58.5 Å².